The molecule has 0 aliphatic heterocycles. The Kier molecular flexibility index (Phi) is 6.96. The molecule has 0 amide bonds. The molecule has 1 aliphatic carbocycles. The molecule has 4 nitrogen and oxygen atoms in total. The van der Waals surface area contributed by atoms with Crippen molar-refractivity contribution in [3.8, 4) is 0 Å². The molecule has 0 saturated heterocycles. The van der Waals surface area contributed by atoms with E-state index < -0.39 is 17.0 Å². The Labute approximate surface area is 162 Å². The summed E-state index contributed by atoms with van der Waals surface area (Å²) >= 11 is 0. The molecule has 0 bridgehead atoms. The topological polar surface area (TPSA) is 60.4 Å². The normalized spacial score (nSPS) is 20.2. The second-order valence-corrected chi connectivity index (χ2v) is 8.58. The fraction of sp³-hybridized carbons (Fsp3) is 0.609. The number of rotatable bonds is 9. The van der Waals surface area contributed by atoms with Crippen LogP contribution in [0.15, 0.2) is 24.3 Å². The minimum absolute atomic E-state index is 0.185. The van der Waals surface area contributed by atoms with E-state index >= 15 is 0 Å². The molecule has 0 heterocycles. The van der Waals surface area contributed by atoms with Gasteiger partial charge >= 0.3 is 5.97 Å². The van der Waals surface area contributed by atoms with Gasteiger partial charge in [-0.1, -0.05) is 56.9 Å². The Morgan fingerprint density at radius 1 is 1.22 bits per heavy atom. The molecule has 1 aliphatic rings. The summed E-state index contributed by atoms with van der Waals surface area (Å²) in [5.41, 5.74) is -0.511. The molecule has 0 N–H and O–H groups in total. The minimum Gasteiger partial charge on any atom is -0.459 e. The van der Waals surface area contributed by atoms with Crippen molar-refractivity contribution in [2.24, 2.45) is 11.3 Å². The first-order valence-corrected chi connectivity index (χ1v) is 10.1. The Morgan fingerprint density at radius 2 is 1.93 bits per heavy atom. The van der Waals surface area contributed by atoms with E-state index in [2.05, 4.69) is 6.92 Å². The van der Waals surface area contributed by atoms with Crippen molar-refractivity contribution in [1.82, 2.24) is 0 Å². The highest BCUT2D eigenvalue weighted by Crippen LogP contribution is 2.47. The number of carbonyl (C=O) groups is 3. The average molecular weight is 373 g/mol. The lowest BCUT2D eigenvalue weighted by atomic mass is 9.68. The van der Waals surface area contributed by atoms with Crippen molar-refractivity contribution in [2.45, 2.75) is 78.2 Å². The van der Waals surface area contributed by atoms with Gasteiger partial charge in [-0.25, -0.2) is 0 Å². The van der Waals surface area contributed by atoms with Gasteiger partial charge in [0.15, 0.2) is 5.78 Å². The molecular weight excluding hydrogens is 340 g/mol. The number of ether oxygens (including phenoxy) is 1. The monoisotopic (exact) mass is 372 g/mol. The third kappa shape index (κ3) is 4.66. The number of ketones is 1. The van der Waals surface area contributed by atoms with Crippen LogP contribution >= 0.6 is 0 Å². The van der Waals surface area contributed by atoms with Gasteiger partial charge in [-0.05, 0) is 45.1 Å². The molecule has 0 saturated carbocycles. The molecule has 4 heteroatoms. The highest BCUT2D eigenvalue weighted by molar-refractivity contribution is 6.16. The maximum atomic E-state index is 13.4. The third-order valence-electron chi connectivity index (χ3n) is 5.38. The fourth-order valence-corrected chi connectivity index (χ4v) is 4.05. The zero-order valence-corrected chi connectivity index (χ0v) is 17.0. The number of unbranched alkanes of at least 4 members (excludes halogenated alkanes) is 3. The maximum Gasteiger partial charge on any atom is 0.321 e. The van der Waals surface area contributed by atoms with Crippen LogP contribution in [0.5, 0.6) is 0 Å². The van der Waals surface area contributed by atoms with Crippen molar-refractivity contribution in [1.29, 1.82) is 0 Å². The number of hydrogen-bond donors (Lipinski definition) is 0. The van der Waals surface area contributed by atoms with Gasteiger partial charge in [0.25, 0.3) is 0 Å². The van der Waals surface area contributed by atoms with Crippen LogP contribution in [0.1, 0.15) is 82.1 Å². The lowest BCUT2D eigenvalue weighted by Gasteiger charge is -2.35. The van der Waals surface area contributed by atoms with Crippen LogP contribution in [0, 0.1) is 11.3 Å². The minimum atomic E-state index is -1.29. The fourth-order valence-electron chi connectivity index (χ4n) is 4.05. The summed E-state index contributed by atoms with van der Waals surface area (Å²) < 4.78 is 5.71. The predicted molar refractivity (Wildman–Crippen MR) is 106 cm³/mol. The van der Waals surface area contributed by atoms with Crippen molar-refractivity contribution in [2.75, 3.05) is 0 Å². The van der Waals surface area contributed by atoms with E-state index in [1.165, 1.54) is 0 Å². The van der Waals surface area contributed by atoms with Crippen LogP contribution < -0.4 is 0 Å². The van der Waals surface area contributed by atoms with Crippen molar-refractivity contribution in [3.63, 3.8) is 0 Å². The number of aldehydes is 1. The van der Waals surface area contributed by atoms with Crippen LogP contribution in [-0.4, -0.2) is 23.6 Å². The molecule has 148 valence electrons. The number of esters is 1. The number of benzene rings is 1. The van der Waals surface area contributed by atoms with Gasteiger partial charge in [0, 0.05) is 12.0 Å². The molecule has 2 rings (SSSR count). The van der Waals surface area contributed by atoms with Crippen LogP contribution in [0.4, 0.5) is 0 Å². The molecule has 0 spiro atoms. The van der Waals surface area contributed by atoms with E-state index in [4.69, 9.17) is 4.74 Å². The largest absolute Gasteiger partial charge is 0.459 e. The smallest absolute Gasteiger partial charge is 0.321 e. The van der Waals surface area contributed by atoms with Gasteiger partial charge < -0.3 is 9.53 Å². The van der Waals surface area contributed by atoms with Gasteiger partial charge in [-0.15, -0.1) is 0 Å². The maximum absolute atomic E-state index is 13.4. The summed E-state index contributed by atoms with van der Waals surface area (Å²) in [4.78, 5) is 38.2. The van der Waals surface area contributed by atoms with Gasteiger partial charge in [0.1, 0.15) is 17.3 Å². The number of Topliss-reactive ketones (excluding diaryl/α,β-unsaturated/α-hetero) is 1. The van der Waals surface area contributed by atoms with E-state index in [-0.39, 0.29) is 18.1 Å². The van der Waals surface area contributed by atoms with Gasteiger partial charge in [-0.2, -0.15) is 0 Å². The lowest BCUT2D eigenvalue weighted by Crippen LogP contribution is -2.47. The summed E-state index contributed by atoms with van der Waals surface area (Å²) in [7, 11) is 0. The predicted octanol–water partition coefficient (Wildman–Crippen LogP) is 4.93. The molecule has 1 aromatic carbocycles. The first kappa shape index (κ1) is 21.3. The quantitative estimate of drug-likeness (QED) is 0.267. The second kappa shape index (κ2) is 8.81. The Morgan fingerprint density at radius 3 is 2.52 bits per heavy atom. The highest BCUT2D eigenvalue weighted by Gasteiger charge is 2.57. The van der Waals surface area contributed by atoms with E-state index in [1.807, 2.05) is 18.2 Å². The average Bonchev–Trinajstić information content (AvgIpc) is 2.90. The molecule has 2 unspecified atom stereocenters. The number of hydrogen-bond acceptors (Lipinski definition) is 4. The summed E-state index contributed by atoms with van der Waals surface area (Å²) in [6.07, 6.45) is 6.21. The zero-order valence-electron chi connectivity index (χ0n) is 17.0. The zero-order chi connectivity index (χ0) is 20.1. The van der Waals surface area contributed by atoms with E-state index in [0.717, 1.165) is 37.5 Å². The van der Waals surface area contributed by atoms with Crippen molar-refractivity contribution < 1.29 is 19.1 Å². The third-order valence-corrected chi connectivity index (χ3v) is 5.38. The summed E-state index contributed by atoms with van der Waals surface area (Å²) in [5, 5.41) is 0. The van der Waals surface area contributed by atoms with Gasteiger partial charge in [0.2, 0.25) is 0 Å². The molecular formula is C23H32O4. The Balaban J connectivity index is 2.41. The standard InChI is InChI=1S/C23H32O4/c1-5-6-7-8-12-18(14-15-24)23(21(26)27-22(2,3)4)16-17-11-9-10-13-19(17)20(23)25/h9-11,13,15,18H,5-8,12,14,16H2,1-4H3. The molecule has 0 radical (unpaired) electrons. The van der Waals surface area contributed by atoms with Crippen molar-refractivity contribution in [3.05, 3.63) is 35.4 Å². The number of carbonyl (C=O) groups excluding carboxylic acids is 3. The molecule has 0 aromatic heterocycles. The summed E-state index contributed by atoms with van der Waals surface area (Å²) in [6.45, 7) is 7.56. The van der Waals surface area contributed by atoms with E-state index in [9.17, 15) is 14.4 Å². The SMILES string of the molecule is CCCCCCC(CC=O)C1(C(=O)OC(C)(C)C)Cc2ccccc2C1=O. The molecule has 0 fully saturated rings. The highest BCUT2D eigenvalue weighted by atomic mass is 16.6. The second-order valence-electron chi connectivity index (χ2n) is 8.58. The van der Waals surface area contributed by atoms with E-state index in [1.54, 1.807) is 26.8 Å². The first-order valence-electron chi connectivity index (χ1n) is 10.1. The van der Waals surface area contributed by atoms with Crippen LogP contribution in [-0.2, 0) is 20.7 Å². The van der Waals surface area contributed by atoms with E-state index in [0.29, 0.717) is 18.4 Å². The Hall–Kier alpha value is -1.97. The first-order chi connectivity index (χ1) is 12.8. The van der Waals surface area contributed by atoms with Crippen molar-refractivity contribution >= 4 is 18.0 Å². The summed E-state index contributed by atoms with van der Waals surface area (Å²) in [5.74, 6) is -1.00. The van der Waals surface area contributed by atoms with Crippen LogP contribution in [0.2, 0.25) is 0 Å². The summed E-state index contributed by atoms with van der Waals surface area (Å²) in [6, 6.07) is 7.37. The molecule has 2 atom stereocenters. The van der Waals surface area contributed by atoms with Gasteiger partial charge in [-0.3, -0.25) is 9.59 Å². The molecule has 1 aromatic rings. The Bertz CT molecular complexity index is 686. The van der Waals surface area contributed by atoms with Crippen LogP contribution in [0.3, 0.4) is 0 Å². The lowest BCUT2D eigenvalue weighted by molar-refractivity contribution is -0.167. The van der Waals surface area contributed by atoms with Crippen LogP contribution in [0.25, 0.3) is 0 Å². The van der Waals surface area contributed by atoms with Gasteiger partial charge in [0.05, 0.1) is 0 Å². The molecule has 27 heavy (non-hydrogen) atoms. The number of fused-ring (bicyclic) bond motifs is 1.